The molecule has 15 heavy (non-hydrogen) atoms. The minimum atomic E-state index is 0.0306. The highest BCUT2D eigenvalue weighted by atomic mass is 16.5. The summed E-state index contributed by atoms with van der Waals surface area (Å²) >= 11 is 0. The van der Waals surface area contributed by atoms with Crippen LogP contribution in [0.3, 0.4) is 0 Å². The van der Waals surface area contributed by atoms with E-state index >= 15 is 0 Å². The SMILES string of the molecule is O=C1OC[C@H]2[C@@H](CCCc3ccco3)[C@@H]12. The fourth-order valence-electron chi connectivity index (χ4n) is 2.66. The molecule has 3 rings (SSSR count). The van der Waals surface area contributed by atoms with Crippen molar-refractivity contribution >= 4 is 5.97 Å². The molecular formula is C12H14O3. The number of aryl methyl sites for hydroxylation is 1. The van der Waals surface area contributed by atoms with E-state index in [0.717, 1.165) is 25.0 Å². The average Bonchev–Trinajstić information content (AvgIpc) is 2.63. The monoisotopic (exact) mass is 206 g/mol. The van der Waals surface area contributed by atoms with Crippen LogP contribution >= 0.6 is 0 Å². The zero-order valence-electron chi connectivity index (χ0n) is 8.52. The Morgan fingerprint density at radius 1 is 1.47 bits per heavy atom. The van der Waals surface area contributed by atoms with Gasteiger partial charge >= 0.3 is 5.97 Å². The third kappa shape index (κ3) is 1.56. The predicted octanol–water partition coefficient (Wildman–Crippen LogP) is 2.02. The smallest absolute Gasteiger partial charge is 0.309 e. The van der Waals surface area contributed by atoms with E-state index in [9.17, 15) is 4.79 Å². The van der Waals surface area contributed by atoms with Gasteiger partial charge in [0.15, 0.2) is 0 Å². The van der Waals surface area contributed by atoms with Crippen molar-refractivity contribution in [2.75, 3.05) is 6.61 Å². The van der Waals surface area contributed by atoms with E-state index < -0.39 is 0 Å². The molecule has 80 valence electrons. The summed E-state index contributed by atoms with van der Waals surface area (Å²) in [6, 6.07) is 3.92. The van der Waals surface area contributed by atoms with Crippen LogP contribution in [0.1, 0.15) is 18.6 Å². The number of esters is 1. The number of cyclic esters (lactones) is 1. The van der Waals surface area contributed by atoms with E-state index in [1.165, 1.54) is 0 Å². The lowest BCUT2D eigenvalue weighted by molar-refractivity contribution is -0.141. The maximum Gasteiger partial charge on any atom is 0.309 e. The van der Waals surface area contributed by atoms with Gasteiger partial charge in [0.2, 0.25) is 0 Å². The second kappa shape index (κ2) is 3.40. The van der Waals surface area contributed by atoms with Crippen molar-refractivity contribution in [3.63, 3.8) is 0 Å². The van der Waals surface area contributed by atoms with Gasteiger partial charge in [0.1, 0.15) is 5.76 Å². The molecule has 0 amide bonds. The largest absolute Gasteiger partial charge is 0.469 e. The van der Waals surface area contributed by atoms with Crippen molar-refractivity contribution in [1.82, 2.24) is 0 Å². The molecule has 2 fully saturated rings. The van der Waals surface area contributed by atoms with Gasteiger partial charge in [-0.3, -0.25) is 4.79 Å². The number of carbonyl (C=O) groups excluding carboxylic acids is 1. The van der Waals surface area contributed by atoms with Crippen LogP contribution in [0.5, 0.6) is 0 Å². The van der Waals surface area contributed by atoms with Crippen molar-refractivity contribution < 1.29 is 13.9 Å². The summed E-state index contributed by atoms with van der Waals surface area (Å²) in [7, 11) is 0. The molecule has 0 radical (unpaired) electrons. The molecule has 1 aliphatic carbocycles. The minimum Gasteiger partial charge on any atom is -0.469 e. The van der Waals surface area contributed by atoms with Crippen molar-refractivity contribution in [2.24, 2.45) is 17.8 Å². The van der Waals surface area contributed by atoms with Gasteiger partial charge in [0.25, 0.3) is 0 Å². The molecule has 0 aromatic carbocycles. The molecule has 1 saturated heterocycles. The van der Waals surface area contributed by atoms with Crippen molar-refractivity contribution in [3.05, 3.63) is 24.2 Å². The van der Waals surface area contributed by atoms with Crippen LogP contribution in [0, 0.1) is 17.8 Å². The van der Waals surface area contributed by atoms with Crippen molar-refractivity contribution in [2.45, 2.75) is 19.3 Å². The number of carbonyl (C=O) groups is 1. The van der Waals surface area contributed by atoms with Gasteiger partial charge < -0.3 is 9.15 Å². The standard InChI is InChI=1S/C12H14O3/c13-12-11-9(10(11)7-15-12)5-1-3-8-4-2-6-14-8/h2,4,6,9-11H,1,3,5,7H2/t9-,10+,11-/m1/s1. The van der Waals surface area contributed by atoms with Gasteiger partial charge in [-0.15, -0.1) is 0 Å². The molecular weight excluding hydrogens is 192 g/mol. The number of rotatable bonds is 4. The minimum absolute atomic E-state index is 0.0306. The summed E-state index contributed by atoms with van der Waals surface area (Å²) in [5.74, 6) is 2.45. The summed E-state index contributed by atoms with van der Waals surface area (Å²) in [6.07, 6.45) is 4.93. The van der Waals surface area contributed by atoms with E-state index in [2.05, 4.69) is 0 Å². The molecule has 2 heterocycles. The second-order valence-electron chi connectivity index (χ2n) is 4.46. The van der Waals surface area contributed by atoms with Gasteiger partial charge in [-0.2, -0.15) is 0 Å². The maximum absolute atomic E-state index is 11.2. The van der Waals surface area contributed by atoms with Crippen LogP contribution in [0.4, 0.5) is 0 Å². The Hall–Kier alpha value is -1.25. The van der Waals surface area contributed by atoms with Gasteiger partial charge in [-0.05, 0) is 30.9 Å². The lowest BCUT2D eigenvalue weighted by Crippen LogP contribution is -2.05. The van der Waals surface area contributed by atoms with Crippen LogP contribution in [-0.4, -0.2) is 12.6 Å². The molecule has 3 nitrogen and oxygen atoms in total. The van der Waals surface area contributed by atoms with E-state index in [0.29, 0.717) is 18.4 Å². The molecule has 0 spiro atoms. The Kier molecular flexibility index (Phi) is 2.04. The summed E-state index contributed by atoms with van der Waals surface area (Å²) in [6.45, 7) is 0.662. The Bertz CT molecular complexity index is 355. The van der Waals surface area contributed by atoms with Crippen LogP contribution in [0.15, 0.2) is 22.8 Å². The van der Waals surface area contributed by atoms with Gasteiger partial charge in [-0.1, -0.05) is 0 Å². The molecule has 1 aromatic heterocycles. The van der Waals surface area contributed by atoms with Crippen LogP contribution < -0.4 is 0 Å². The Balaban J connectivity index is 1.43. The predicted molar refractivity (Wildman–Crippen MR) is 53.1 cm³/mol. The first-order valence-corrected chi connectivity index (χ1v) is 5.55. The van der Waals surface area contributed by atoms with E-state index in [-0.39, 0.29) is 11.9 Å². The molecule has 0 bridgehead atoms. The third-order valence-corrected chi connectivity index (χ3v) is 3.56. The molecule has 3 heteroatoms. The second-order valence-corrected chi connectivity index (χ2v) is 4.46. The average molecular weight is 206 g/mol. The third-order valence-electron chi connectivity index (χ3n) is 3.56. The zero-order valence-corrected chi connectivity index (χ0v) is 8.52. The quantitative estimate of drug-likeness (QED) is 0.707. The van der Waals surface area contributed by atoms with Crippen LogP contribution in [-0.2, 0) is 16.0 Å². The molecule has 0 N–H and O–H groups in total. The fraction of sp³-hybridized carbons (Fsp3) is 0.583. The summed E-state index contributed by atoms with van der Waals surface area (Å²) in [5.41, 5.74) is 0. The Morgan fingerprint density at radius 3 is 3.07 bits per heavy atom. The first-order valence-electron chi connectivity index (χ1n) is 5.55. The van der Waals surface area contributed by atoms with Gasteiger partial charge in [-0.25, -0.2) is 0 Å². The molecule has 1 saturated carbocycles. The van der Waals surface area contributed by atoms with E-state index in [4.69, 9.17) is 9.15 Å². The molecule has 0 unspecified atom stereocenters. The van der Waals surface area contributed by atoms with E-state index in [1.807, 2.05) is 12.1 Å². The van der Waals surface area contributed by atoms with Crippen LogP contribution in [0.25, 0.3) is 0 Å². The van der Waals surface area contributed by atoms with Crippen LogP contribution in [0.2, 0.25) is 0 Å². The van der Waals surface area contributed by atoms with Gasteiger partial charge in [0.05, 0.1) is 18.8 Å². The lowest BCUT2D eigenvalue weighted by Gasteiger charge is -2.02. The Morgan fingerprint density at radius 2 is 2.40 bits per heavy atom. The lowest BCUT2D eigenvalue weighted by atomic mass is 10.1. The number of hydrogen-bond donors (Lipinski definition) is 0. The first-order chi connectivity index (χ1) is 7.36. The Labute approximate surface area is 88.4 Å². The number of fused-ring (bicyclic) bond motifs is 1. The number of ether oxygens (including phenoxy) is 1. The highest BCUT2D eigenvalue weighted by molar-refractivity contribution is 5.78. The fourth-order valence-corrected chi connectivity index (χ4v) is 2.66. The summed E-state index contributed by atoms with van der Waals surface area (Å²) in [4.78, 5) is 11.2. The first kappa shape index (κ1) is 9.01. The normalized spacial score (nSPS) is 32.5. The molecule has 2 aliphatic rings. The van der Waals surface area contributed by atoms with Crippen molar-refractivity contribution in [3.8, 4) is 0 Å². The topological polar surface area (TPSA) is 39.4 Å². The maximum atomic E-state index is 11.2. The highest BCUT2D eigenvalue weighted by Gasteiger charge is 2.59. The summed E-state index contributed by atoms with van der Waals surface area (Å²) < 4.78 is 10.2. The molecule has 3 atom stereocenters. The molecule has 1 aliphatic heterocycles. The number of furan rings is 1. The number of hydrogen-bond acceptors (Lipinski definition) is 3. The highest BCUT2D eigenvalue weighted by Crippen LogP contribution is 2.53. The van der Waals surface area contributed by atoms with Crippen molar-refractivity contribution in [1.29, 1.82) is 0 Å². The van der Waals surface area contributed by atoms with E-state index in [1.54, 1.807) is 6.26 Å². The summed E-state index contributed by atoms with van der Waals surface area (Å²) in [5, 5.41) is 0. The zero-order chi connectivity index (χ0) is 10.3. The molecule has 1 aromatic rings. The van der Waals surface area contributed by atoms with Gasteiger partial charge in [0, 0.05) is 12.3 Å².